The minimum absolute atomic E-state index is 0. The van der Waals surface area contributed by atoms with Crippen LogP contribution in [0.3, 0.4) is 0 Å². The second kappa shape index (κ2) is 10.6. The number of likely N-dealkylation sites (tertiary alicyclic amines) is 1. The summed E-state index contributed by atoms with van der Waals surface area (Å²) in [5.74, 6) is 1.60. The largest absolute Gasteiger partial charge is 0.342 e. The van der Waals surface area contributed by atoms with E-state index in [1.807, 2.05) is 18.0 Å². The van der Waals surface area contributed by atoms with Crippen molar-refractivity contribution < 1.29 is 4.79 Å². The van der Waals surface area contributed by atoms with Crippen molar-refractivity contribution in [2.24, 2.45) is 5.92 Å². The molecule has 1 aliphatic rings. The van der Waals surface area contributed by atoms with Crippen LogP contribution >= 0.6 is 40.1 Å². The molecule has 1 aromatic carbocycles. The Kier molecular flexibility index (Phi) is 9.59. The fourth-order valence-electron chi connectivity index (χ4n) is 2.83. The van der Waals surface area contributed by atoms with Crippen LogP contribution in [0.2, 0.25) is 0 Å². The molecule has 0 unspecified atom stereocenters. The summed E-state index contributed by atoms with van der Waals surface area (Å²) in [7, 11) is 2.00. The summed E-state index contributed by atoms with van der Waals surface area (Å²) in [6, 6.07) is 6.22. The maximum absolute atomic E-state index is 12.4. The van der Waals surface area contributed by atoms with E-state index in [1.54, 1.807) is 11.8 Å². The molecule has 0 radical (unpaired) electrons. The van der Waals surface area contributed by atoms with E-state index in [9.17, 15) is 4.79 Å². The molecule has 0 bridgehead atoms. The van der Waals surface area contributed by atoms with E-state index in [2.05, 4.69) is 40.3 Å². The Morgan fingerprint density at radius 1 is 1.39 bits per heavy atom. The van der Waals surface area contributed by atoms with E-state index in [1.165, 1.54) is 16.9 Å². The standard InChI is InChI=1S/C17H25BrN2OS.ClH/c1-13-11-15(18)3-4-16(13)22-12-17(21)20-9-6-14(7-10-20)5-8-19-2;/h3-4,11,14,19H,5-10,12H2,1-2H3;1H. The van der Waals surface area contributed by atoms with Gasteiger partial charge in [0.1, 0.15) is 0 Å². The summed E-state index contributed by atoms with van der Waals surface area (Å²) in [6.45, 7) is 5.02. The predicted octanol–water partition coefficient (Wildman–Crippen LogP) is 4.12. The van der Waals surface area contributed by atoms with Crippen molar-refractivity contribution in [3.05, 3.63) is 28.2 Å². The highest BCUT2D eigenvalue weighted by Crippen LogP contribution is 2.26. The number of nitrogens with one attached hydrogen (secondary N) is 1. The molecule has 2 rings (SSSR count). The molecule has 0 aliphatic carbocycles. The van der Waals surface area contributed by atoms with Crippen molar-refractivity contribution in [1.29, 1.82) is 0 Å². The Morgan fingerprint density at radius 2 is 2.09 bits per heavy atom. The molecular weight excluding hydrogens is 396 g/mol. The van der Waals surface area contributed by atoms with Gasteiger partial charge in [-0.2, -0.15) is 0 Å². The van der Waals surface area contributed by atoms with Crippen LogP contribution < -0.4 is 5.32 Å². The Labute approximate surface area is 158 Å². The average Bonchev–Trinajstić information content (AvgIpc) is 2.52. The molecule has 6 heteroatoms. The van der Waals surface area contributed by atoms with Gasteiger partial charge < -0.3 is 10.2 Å². The molecule has 0 saturated carbocycles. The molecule has 1 N–H and O–H groups in total. The van der Waals surface area contributed by atoms with Crippen LogP contribution in [0.5, 0.6) is 0 Å². The lowest BCUT2D eigenvalue weighted by Crippen LogP contribution is -2.39. The third kappa shape index (κ3) is 6.65. The van der Waals surface area contributed by atoms with Crippen molar-refractivity contribution in [2.45, 2.75) is 31.1 Å². The molecule has 1 amide bonds. The lowest BCUT2D eigenvalue weighted by Gasteiger charge is -2.32. The molecule has 3 nitrogen and oxygen atoms in total. The maximum atomic E-state index is 12.4. The van der Waals surface area contributed by atoms with E-state index in [4.69, 9.17) is 0 Å². The van der Waals surface area contributed by atoms with E-state index in [-0.39, 0.29) is 18.3 Å². The lowest BCUT2D eigenvalue weighted by atomic mass is 9.93. The van der Waals surface area contributed by atoms with E-state index in [0.29, 0.717) is 5.75 Å². The highest BCUT2D eigenvalue weighted by Gasteiger charge is 2.22. The molecule has 1 fully saturated rings. The monoisotopic (exact) mass is 420 g/mol. The molecule has 1 heterocycles. The molecule has 0 aromatic heterocycles. The minimum atomic E-state index is 0. The first-order valence-electron chi connectivity index (χ1n) is 7.91. The van der Waals surface area contributed by atoms with Gasteiger partial charge in [-0.05, 0) is 69.5 Å². The lowest BCUT2D eigenvalue weighted by molar-refractivity contribution is -0.129. The van der Waals surface area contributed by atoms with Gasteiger partial charge in [0, 0.05) is 22.5 Å². The summed E-state index contributed by atoms with van der Waals surface area (Å²) >= 11 is 5.12. The fourth-order valence-corrected chi connectivity index (χ4v) is 4.21. The number of amides is 1. The number of thioether (sulfide) groups is 1. The zero-order valence-electron chi connectivity index (χ0n) is 13.8. The second-order valence-corrected chi connectivity index (χ2v) is 7.85. The molecular formula is C17H26BrClN2OS. The summed E-state index contributed by atoms with van der Waals surface area (Å²) in [5, 5.41) is 3.21. The van der Waals surface area contributed by atoms with Gasteiger partial charge in [-0.15, -0.1) is 24.2 Å². The van der Waals surface area contributed by atoms with Crippen molar-refractivity contribution in [2.75, 3.05) is 32.4 Å². The molecule has 1 aromatic rings. The van der Waals surface area contributed by atoms with Crippen LogP contribution in [0.15, 0.2) is 27.6 Å². The number of carbonyl (C=O) groups is 1. The van der Waals surface area contributed by atoms with E-state index in [0.717, 1.165) is 42.9 Å². The number of halogens is 2. The fraction of sp³-hybridized carbons (Fsp3) is 0.588. The Balaban J connectivity index is 0.00000264. The van der Waals surface area contributed by atoms with Gasteiger partial charge in [0.15, 0.2) is 0 Å². The Bertz CT molecular complexity index is 507. The summed E-state index contributed by atoms with van der Waals surface area (Å²) in [6.07, 6.45) is 3.52. The van der Waals surface area contributed by atoms with E-state index >= 15 is 0 Å². The smallest absolute Gasteiger partial charge is 0.232 e. The van der Waals surface area contributed by atoms with Crippen LogP contribution in [0.1, 0.15) is 24.8 Å². The minimum Gasteiger partial charge on any atom is -0.342 e. The number of carbonyl (C=O) groups excluding carboxylic acids is 1. The molecule has 23 heavy (non-hydrogen) atoms. The topological polar surface area (TPSA) is 32.3 Å². The van der Waals surface area contributed by atoms with Gasteiger partial charge in [-0.25, -0.2) is 0 Å². The molecule has 1 saturated heterocycles. The van der Waals surface area contributed by atoms with Crippen LogP contribution in [0.4, 0.5) is 0 Å². The van der Waals surface area contributed by atoms with Gasteiger partial charge in [-0.3, -0.25) is 4.79 Å². The maximum Gasteiger partial charge on any atom is 0.232 e. The Morgan fingerprint density at radius 3 is 2.70 bits per heavy atom. The summed E-state index contributed by atoms with van der Waals surface area (Å²) in [5.41, 5.74) is 1.22. The van der Waals surface area contributed by atoms with Crippen LogP contribution in [0.25, 0.3) is 0 Å². The van der Waals surface area contributed by atoms with Crippen LogP contribution in [-0.2, 0) is 4.79 Å². The highest BCUT2D eigenvalue weighted by molar-refractivity contribution is 9.10. The number of rotatable bonds is 6. The first kappa shape index (κ1) is 20.8. The summed E-state index contributed by atoms with van der Waals surface area (Å²) in [4.78, 5) is 15.6. The zero-order valence-corrected chi connectivity index (χ0v) is 17.0. The third-order valence-electron chi connectivity index (χ3n) is 4.26. The number of hydrogen-bond donors (Lipinski definition) is 1. The molecule has 1 aliphatic heterocycles. The van der Waals surface area contributed by atoms with Crippen molar-refractivity contribution >= 4 is 46.0 Å². The SMILES string of the molecule is CNCCC1CCN(C(=O)CSc2ccc(Br)cc2C)CC1.Cl. The van der Waals surface area contributed by atoms with Crippen LogP contribution in [-0.4, -0.2) is 43.2 Å². The number of benzene rings is 1. The predicted molar refractivity (Wildman–Crippen MR) is 105 cm³/mol. The quantitative estimate of drug-likeness (QED) is 0.701. The molecule has 0 atom stereocenters. The number of hydrogen-bond acceptors (Lipinski definition) is 3. The van der Waals surface area contributed by atoms with Gasteiger partial charge in [0.25, 0.3) is 0 Å². The zero-order chi connectivity index (χ0) is 15.9. The normalized spacial score (nSPS) is 15.3. The van der Waals surface area contributed by atoms with Gasteiger partial charge in [0.2, 0.25) is 5.91 Å². The van der Waals surface area contributed by atoms with Gasteiger partial charge in [-0.1, -0.05) is 15.9 Å². The van der Waals surface area contributed by atoms with Gasteiger partial charge >= 0.3 is 0 Å². The molecule has 130 valence electrons. The first-order valence-corrected chi connectivity index (χ1v) is 9.69. The number of piperidine rings is 1. The van der Waals surface area contributed by atoms with E-state index < -0.39 is 0 Å². The number of aryl methyl sites for hydroxylation is 1. The second-order valence-electron chi connectivity index (χ2n) is 5.91. The highest BCUT2D eigenvalue weighted by atomic mass is 79.9. The van der Waals surface area contributed by atoms with Crippen molar-refractivity contribution in [3.8, 4) is 0 Å². The van der Waals surface area contributed by atoms with Crippen LogP contribution in [0, 0.1) is 12.8 Å². The Hall–Kier alpha value is -0.230. The average molecular weight is 422 g/mol. The van der Waals surface area contributed by atoms with Crippen molar-refractivity contribution in [3.63, 3.8) is 0 Å². The third-order valence-corrected chi connectivity index (χ3v) is 5.91. The first-order chi connectivity index (χ1) is 10.6. The van der Waals surface area contributed by atoms with Crippen molar-refractivity contribution in [1.82, 2.24) is 10.2 Å². The number of nitrogens with zero attached hydrogens (tertiary/aromatic N) is 1. The van der Waals surface area contributed by atoms with Gasteiger partial charge in [0.05, 0.1) is 5.75 Å². The summed E-state index contributed by atoms with van der Waals surface area (Å²) < 4.78 is 1.09. The molecule has 0 spiro atoms.